The molecular weight excluding hydrogens is 494 g/mol. The summed E-state index contributed by atoms with van der Waals surface area (Å²) in [5, 5.41) is 7.46. The van der Waals surface area contributed by atoms with Crippen LogP contribution in [0.4, 0.5) is 0 Å². The maximum Gasteiger partial charge on any atom is 0.200 e. The van der Waals surface area contributed by atoms with Gasteiger partial charge in [0, 0.05) is 46.9 Å². The van der Waals surface area contributed by atoms with E-state index in [-0.39, 0.29) is 11.8 Å². The maximum atomic E-state index is 6.72. The van der Waals surface area contributed by atoms with E-state index in [1.54, 1.807) is 0 Å². The molecule has 1 atom stereocenters. The summed E-state index contributed by atoms with van der Waals surface area (Å²) in [6, 6.07) is 15.1. The largest absolute Gasteiger partial charge is 0.466 e. The normalized spacial score (nSPS) is 22.8. The molecule has 0 aliphatic carbocycles. The van der Waals surface area contributed by atoms with Gasteiger partial charge in [0.05, 0.1) is 11.8 Å². The second-order valence-electron chi connectivity index (χ2n) is 8.19. The van der Waals surface area contributed by atoms with Crippen LogP contribution in [-0.2, 0) is 0 Å². The Morgan fingerprint density at radius 1 is 1.07 bits per heavy atom. The highest BCUT2D eigenvalue weighted by atomic mass is 79.9. The summed E-state index contributed by atoms with van der Waals surface area (Å²) in [6.07, 6.45) is 4.07. The van der Waals surface area contributed by atoms with E-state index >= 15 is 0 Å². The molecule has 6 heteroatoms. The Morgan fingerprint density at radius 3 is 2.52 bits per heavy atom. The third-order valence-electron chi connectivity index (χ3n) is 6.31. The fourth-order valence-corrected chi connectivity index (χ4v) is 5.49. The van der Waals surface area contributed by atoms with E-state index in [1.807, 2.05) is 0 Å². The van der Waals surface area contributed by atoms with Gasteiger partial charge in [-0.3, -0.25) is 0 Å². The van der Waals surface area contributed by atoms with Crippen LogP contribution in [0.15, 0.2) is 56.5 Å². The molecule has 0 radical (unpaired) electrons. The Kier molecular flexibility index (Phi) is 5.21. The van der Waals surface area contributed by atoms with Crippen molar-refractivity contribution < 1.29 is 4.74 Å². The molecule has 2 aromatic carbocycles. The van der Waals surface area contributed by atoms with Crippen LogP contribution in [0.1, 0.15) is 49.8 Å². The zero-order valence-electron chi connectivity index (χ0n) is 16.6. The van der Waals surface area contributed by atoms with Gasteiger partial charge in [0.15, 0.2) is 0 Å². The monoisotopic (exact) mass is 517 g/mol. The molecule has 0 aromatic heterocycles. The quantitative estimate of drug-likeness (QED) is 0.502. The summed E-state index contributed by atoms with van der Waals surface area (Å²) in [7, 11) is 0. The van der Waals surface area contributed by atoms with E-state index in [1.165, 1.54) is 17.5 Å². The van der Waals surface area contributed by atoms with Crippen LogP contribution < -0.4 is 4.74 Å². The minimum absolute atomic E-state index is 0.229. The molecular formula is C23H25Br2N3O. The van der Waals surface area contributed by atoms with Crippen LogP contribution in [-0.4, -0.2) is 41.0 Å². The van der Waals surface area contributed by atoms with Crippen molar-refractivity contribution in [2.24, 2.45) is 5.10 Å². The number of likely N-dealkylation sites (tertiary alicyclic amines) is 1. The summed E-state index contributed by atoms with van der Waals surface area (Å²) in [5.41, 5.74) is 3.23. The zero-order valence-corrected chi connectivity index (χ0v) is 19.7. The third-order valence-corrected chi connectivity index (χ3v) is 7.34. The lowest BCUT2D eigenvalue weighted by atomic mass is 9.90. The smallest absolute Gasteiger partial charge is 0.200 e. The highest BCUT2D eigenvalue weighted by molar-refractivity contribution is 9.10. The first-order chi connectivity index (χ1) is 14.1. The second-order valence-corrected chi connectivity index (χ2v) is 10.0. The number of ether oxygens (including phenoxy) is 1. The highest BCUT2D eigenvalue weighted by Gasteiger charge is 2.51. The number of hydrogen-bond acceptors (Lipinski definition) is 4. The molecule has 0 saturated carbocycles. The number of fused-ring (bicyclic) bond motifs is 4. The van der Waals surface area contributed by atoms with Crippen molar-refractivity contribution in [1.82, 2.24) is 9.91 Å². The van der Waals surface area contributed by atoms with Gasteiger partial charge < -0.3 is 9.64 Å². The number of halogens is 2. The van der Waals surface area contributed by atoms with Crippen LogP contribution in [0.3, 0.4) is 0 Å². The van der Waals surface area contributed by atoms with Crippen molar-refractivity contribution in [3.05, 3.63) is 62.5 Å². The standard InChI is InChI=1S/C23H25Br2N3O/c1-2-11-27-12-9-23(10-13-27)28-21(19-14-18(25)7-8-22(19)29-23)15-20(26-28)16-3-5-17(24)6-4-16/h3-8,14,21H,2,9-13,15H2,1H3/t21-/m0/s1. The minimum Gasteiger partial charge on any atom is -0.466 e. The molecule has 1 fully saturated rings. The van der Waals surface area contributed by atoms with Crippen molar-refractivity contribution in [2.45, 2.75) is 44.4 Å². The van der Waals surface area contributed by atoms with Gasteiger partial charge in [-0.1, -0.05) is 50.9 Å². The van der Waals surface area contributed by atoms with Gasteiger partial charge in [0.1, 0.15) is 5.75 Å². The second kappa shape index (κ2) is 7.71. The zero-order chi connectivity index (χ0) is 20.0. The Labute approximate surface area is 189 Å². The summed E-state index contributed by atoms with van der Waals surface area (Å²) in [4.78, 5) is 2.55. The van der Waals surface area contributed by atoms with Crippen molar-refractivity contribution in [3.8, 4) is 5.75 Å². The van der Waals surface area contributed by atoms with Gasteiger partial charge in [-0.15, -0.1) is 0 Å². The molecule has 29 heavy (non-hydrogen) atoms. The van der Waals surface area contributed by atoms with Crippen LogP contribution in [0, 0.1) is 0 Å². The first-order valence-electron chi connectivity index (χ1n) is 10.4. The SMILES string of the molecule is CCCN1CCC2(CC1)Oc1ccc(Br)cc1[C@@H]1CC(c3ccc(Br)cc3)=NN12. The van der Waals surface area contributed by atoms with E-state index in [4.69, 9.17) is 9.84 Å². The molecule has 0 N–H and O–H groups in total. The van der Waals surface area contributed by atoms with Gasteiger partial charge >= 0.3 is 0 Å². The van der Waals surface area contributed by atoms with Crippen molar-refractivity contribution in [3.63, 3.8) is 0 Å². The summed E-state index contributed by atoms with van der Waals surface area (Å²) in [5.74, 6) is 1.02. The molecule has 3 aliphatic heterocycles. The lowest BCUT2D eigenvalue weighted by molar-refractivity contribution is -0.149. The molecule has 5 rings (SSSR count). The molecule has 0 unspecified atom stereocenters. The fraction of sp³-hybridized carbons (Fsp3) is 0.435. The predicted octanol–water partition coefficient (Wildman–Crippen LogP) is 5.96. The fourth-order valence-electron chi connectivity index (χ4n) is 4.84. The topological polar surface area (TPSA) is 28.1 Å². The maximum absolute atomic E-state index is 6.72. The molecule has 3 aliphatic rings. The van der Waals surface area contributed by atoms with Gasteiger partial charge in [-0.05, 0) is 48.9 Å². The minimum atomic E-state index is -0.340. The van der Waals surface area contributed by atoms with Gasteiger partial charge in [0.2, 0.25) is 5.72 Å². The van der Waals surface area contributed by atoms with Crippen molar-refractivity contribution in [2.75, 3.05) is 19.6 Å². The number of hydrogen-bond donors (Lipinski definition) is 0. The van der Waals surface area contributed by atoms with Gasteiger partial charge in [-0.25, -0.2) is 5.01 Å². The van der Waals surface area contributed by atoms with E-state index in [0.717, 1.165) is 59.3 Å². The van der Waals surface area contributed by atoms with Gasteiger partial charge in [0.25, 0.3) is 0 Å². The summed E-state index contributed by atoms with van der Waals surface area (Å²) >= 11 is 7.18. The summed E-state index contributed by atoms with van der Waals surface area (Å²) < 4.78 is 8.90. The number of hydrazone groups is 1. The number of nitrogens with zero attached hydrogens (tertiary/aromatic N) is 3. The lowest BCUT2D eigenvalue weighted by Gasteiger charge is -2.51. The predicted molar refractivity (Wildman–Crippen MR) is 123 cm³/mol. The van der Waals surface area contributed by atoms with E-state index in [9.17, 15) is 0 Å². The Morgan fingerprint density at radius 2 is 1.79 bits per heavy atom. The van der Waals surface area contributed by atoms with Crippen molar-refractivity contribution >= 4 is 37.6 Å². The lowest BCUT2D eigenvalue weighted by Crippen LogP contribution is -2.59. The van der Waals surface area contributed by atoms with Crippen LogP contribution in [0.2, 0.25) is 0 Å². The summed E-state index contributed by atoms with van der Waals surface area (Å²) in [6.45, 7) is 5.54. The third kappa shape index (κ3) is 3.53. The van der Waals surface area contributed by atoms with Crippen LogP contribution in [0.25, 0.3) is 0 Å². The number of piperidine rings is 1. The number of benzene rings is 2. The van der Waals surface area contributed by atoms with Crippen LogP contribution in [0.5, 0.6) is 5.75 Å². The average Bonchev–Trinajstić information content (AvgIpc) is 3.18. The van der Waals surface area contributed by atoms with E-state index < -0.39 is 0 Å². The molecule has 0 bridgehead atoms. The molecule has 4 nitrogen and oxygen atoms in total. The molecule has 1 saturated heterocycles. The van der Waals surface area contributed by atoms with Gasteiger partial charge in [-0.2, -0.15) is 5.10 Å². The first-order valence-corrected chi connectivity index (χ1v) is 12.0. The van der Waals surface area contributed by atoms with Crippen molar-refractivity contribution in [1.29, 1.82) is 0 Å². The van der Waals surface area contributed by atoms with E-state index in [0.29, 0.717) is 0 Å². The molecule has 0 amide bonds. The molecule has 152 valence electrons. The average molecular weight is 519 g/mol. The van der Waals surface area contributed by atoms with E-state index in [2.05, 4.69) is 91.2 Å². The molecule has 3 heterocycles. The molecule has 1 spiro atoms. The first kappa shape index (κ1) is 19.6. The van der Waals surface area contributed by atoms with Crippen LogP contribution >= 0.6 is 31.9 Å². The highest BCUT2D eigenvalue weighted by Crippen LogP contribution is 2.50. The Balaban J connectivity index is 1.52. The Hall–Kier alpha value is -1.37. The number of rotatable bonds is 3. The molecule has 2 aromatic rings. The Bertz CT molecular complexity index is 936.